The molecule has 0 aliphatic heterocycles. The molecule has 0 aromatic carbocycles. The molecule has 3 atom stereocenters. The second-order valence-corrected chi connectivity index (χ2v) is 7.07. The van der Waals surface area contributed by atoms with Crippen LogP contribution in [-0.2, 0) is 0 Å². The zero-order valence-corrected chi connectivity index (χ0v) is 11.5. The van der Waals surface area contributed by atoms with Crippen molar-refractivity contribution in [3.63, 3.8) is 0 Å². The van der Waals surface area contributed by atoms with Crippen LogP contribution in [-0.4, -0.2) is 36.2 Å². The van der Waals surface area contributed by atoms with Gasteiger partial charge in [-0.3, -0.25) is 0 Å². The van der Waals surface area contributed by atoms with E-state index in [1.807, 2.05) is 0 Å². The van der Waals surface area contributed by atoms with Gasteiger partial charge in [0, 0.05) is 5.41 Å². The molecule has 2 heteroatoms. The molecule has 0 spiro atoms. The van der Waals surface area contributed by atoms with Crippen molar-refractivity contribution in [1.29, 1.82) is 0 Å². The molecule has 0 radical (unpaired) electrons. The maximum absolute atomic E-state index is 11.0. The first kappa shape index (κ1) is 12.4. The number of fused-ring (bicyclic) bond motifs is 2. The van der Waals surface area contributed by atoms with E-state index >= 15 is 0 Å². The van der Waals surface area contributed by atoms with Gasteiger partial charge in [0.25, 0.3) is 0 Å². The third-order valence-electron chi connectivity index (χ3n) is 5.95. The Balaban J connectivity index is 2.21. The van der Waals surface area contributed by atoms with Gasteiger partial charge in [-0.1, -0.05) is 13.8 Å². The molecule has 94 valence electrons. The van der Waals surface area contributed by atoms with Gasteiger partial charge in [-0.25, -0.2) is 0 Å². The molecule has 2 aliphatic carbocycles. The summed E-state index contributed by atoms with van der Waals surface area (Å²) in [5.74, 6) is 0.727. The predicted octanol–water partition coefficient (Wildman–Crippen LogP) is 2.52. The molecule has 0 amide bonds. The summed E-state index contributed by atoms with van der Waals surface area (Å²) in [6.07, 6.45) is 4.92. The van der Waals surface area contributed by atoms with Crippen LogP contribution in [0.2, 0.25) is 0 Å². The first-order valence-corrected chi connectivity index (χ1v) is 6.60. The molecule has 2 aliphatic rings. The van der Waals surface area contributed by atoms with Crippen LogP contribution >= 0.6 is 0 Å². The minimum Gasteiger partial charge on any atom is -0.389 e. The number of hydrogen-bond donors (Lipinski definition) is 1. The quantitative estimate of drug-likeness (QED) is 0.798. The van der Waals surface area contributed by atoms with Crippen molar-refractivity contribution in [1.82, 2.24) is 4.90 Å². The predicted molar refractivity (Wildman–Crippen MR) is 67.3 cm³/mol. The zero-order chi connectivity index (χ0) is 12.2. The lowest BCUT2D eigenvalue weighted by atomic mass is 9.59. The van der Waals surface area contributed by atoms with Crippen LogP contribution in [0.5, 0.6) is 0 Å². The molecule has 2 nitrogen and oxygen atoms in total. The molecule has 0 saturated heterocycles. The number of hydrogen-bond acceptors (Lipinski definition) is 2. The monoisotopic (exact) mass is 225 g/mol. The van der Waals surface area contributed by atoms with Crippen molar-refractivity contribution in [2.24, 2.45) is 16.7 Å². The Hall–Kier alpha value is -0.0800. The Bertz CT molecular complexity index is 282. The summed E-state index contributed by atoms with van der Waals surface area (Å²) in [5, 5.41) is 11.0. The standard InChI is InChI=1S/C14H27NO/c1-12(2)11-6-7-14(10-11,13(12,3)16)8-9-15(4)5/h11,16H,6-10H2,1-5H3/t11-,13+,14+/m0/s1. The maximum atomic E-state index is 11.0. The van der Waals surface area contributed by atoms with Crippen molar-refractivity contribution in [3.8, 4) is 0 Å². The Morgan fingerprint density at radius 2 is 1.88 bits per heavy atom. The van der Waals surface area contributed by atoms with E-state index in [1.165, 1.54) is 19.3 Å². The molecule has 2 rings (SSSR count). The number of nitrogens with zero attached hydrogens (tertiary/aromatic N) is 1. The summed E-state index contributed by atoms with van der Waals surface area (Å²) >= 11 is 0. The SMILES string of the molecule is CN(C)CC[C@]12CC[C@@H](C1)C(C)(C)[C@@]2(C)O. The van der Waals surface area contributed by atoms with Crippen LogP contribution in [0, 0.1) is 16.7 Å². The van der Waals surface area contributed by atoms with Gasteiger partial charge in [-0.05, 0) is 64.6 Å². The number of aliphatic hydroxyl groups is 1. The zero-order valence-electron chi connectivity index (χ0n) is 11.5. The number of rotatable bonds is 3. The molecular weight excluding hydrogens is 198 g/mol. The van der Waals surface area contributed by atoms with Crippen LogP contribution in [0.15, 0.2) is 0 Å². The highest BCUT2D eigenvalue weighted by Crippen LogP contribution is 2.69. The van der Waals surface area contributed by atoms with Crippen molar-refractivity contribution < 1.29 is 5.11 Å². The molecule has 0 aromatic heterocycles. The van der Waals surface area contributed by atoms with Crippen molar-refractivity contribution >= 4 is 0 Å². The Morgan fingerprint density at radius 1 is 1.25 bits per heavy atom. The Morgan fingerprint density at radius 3 is 2.31 bits per heavy atom. The van der Waals surface area contributed by atoms with Gasteiger partial charge in [0.05, 0.1) is 5.60 Å². The summed E-state index contributed by atoms with van der Waals surface area (Å²) in [6.45, 7) is 7.70. The summed E-state index contributed by atoms with van der Waals surface area (Å²) in [7, 11) is 4.25. The Kier molecular flexibility index (Phi) is 2.67. The average molecular weight is 225 g/mol. The fourth-order valence-corrected chi connectivity index (χ4v) is 4.17. The van der Waals surface area contributed by atoms with Crippen LogP contribution in [0.3, 0.4) is 0 Å². The lowest BCUT2D eigenvalue weighted by molar-refractivity contribution is -0.138. The molecule has 2 saturated carbocycles. The molecule has 0 heterocycles. The van der Waals surface area contributed by atoms with E-state index in [4.69, 9.17) is 0 Å². The van der Waals surface area contributed by atoms with E-state index in [9.17, 15) is 5.11 Å². The summed E-state index contributed by atoms with van der Waals surface area (Å²) < 4.78 is 0. The van der Waals surface area contributed by atoms with Crippen LogP contribution in [0.4, 0.5) is 0 Å². The fraction of sp³-hybridized carbons (Fsp3) is 1.00. The van der Waals surface area contributed by atoms with E-state index in [0.717, 1.165) is 18.9 Å². The third kappa shape index (κ3) is 1.39. The smallest absolute Gasteiger partial charge is 0.0729 e. The van der Waals surface area contributed by atoms with Gasteiger partial charge in [0.2, 0.25) is 0 Å². The molecule has 0 aromatic rings. The van der Waals surface area contributed by atoms with E-state index in [1.54, 1.807) is 0 Å². The van der Waals surface area contributed by atoms with E-state index in [-0.39, 0.29) is 10.8 Å². The first-order chi connectivity index (χ1) is 7.23. The third-order valence-corrected chi connectivity index (χ3v) is 5.95. The second-order valence-electron chi connectivity index (χ2n) is 7.07. The molecule has 0 unspecified atom stereocenters. The molecule has 16 heavy (non-hydrogen) atoms. The van der Waals surface area contributed by atoms with Crippen LogP contribution in [0.25, 0.3) is 0 Å². The topological polar surface area (TPSA) is 23.5 Å². The highest BCUT2D eigenvalue weighted by atomic mass is 16.3. The summed E-state index contributed by atoms with van der Waals surface area (Å²) in [4.78, 5) is 2.24. The van der Waals surface area contributed by atoms with E-state index < -0.39 is 5.60 Å². The average Bonchev–Trinajstić information content (AvgIpc) is 2.64. The second kappa shape index (κ2) is 3.46. The van der Waals surface area contributed by atoms with Gasteiger partial charge in [0.1, 0.15) is 0 Å². The van der Waals surface area contributed by atoms with Gasteiger partial charge in [-0.2, -0.15) is 0 Å². The Labute approximate surface area is 100 Å². The molecule has 1 N–H and O–H groups in total. The lowest BCUT2D eigenvalue weighted by Gasteiger charge is -2.50. The van der Waals surface area contributed by atoms with Crippen LogP contribution < -0.4 is 0 Å². The summed E-state index contributed by atoms with van der Waals surface area (Å²) in [6, 6.07) is 0. The first-order valence-electron chi connectivity index (χ1n) is 6.60. The highest BCUT2D eigenvalue weighted by Gasteiger charge is 2.67. The van der Waals surface area contributed by atoms with Gasteiger partial charge >= 0.3 is 0 Å². The maximum Gasteiger partial charge on any atom is 0.0729 e. The lowest BCUT2D eigenvalue weighted by Crippen LogP contribution is -2.53. The largest absolute Gasteiger partial charge is 0.389 e. The molecule has 2 fully saturated rings. The van der Waals surface area contributed by atoms with Crippen molar-refractivity contribution in [2.75, 3.05) is 20.6 Å². The molecular formula is C14H27NO. The highest BCUT2D eigenvalue weighted by molar-refractivity contribution is 5.17. The van der Waals surface area contributed by atoms with E-state index in [0.29, 0.717) is 0 Å². The van der Waals surface area contributed by atoms with Crippen LogP contribution in [0.1, 0.15) is 46.5 Å². The van der Waals surface area contributed by atoms with E-state index in [2.05, 4.69) is 39.8 Å². The van der Waals surface area contributed by atoms with Gasteiger partial charge in [0.15, 0.2) is 0 Å². The minimum absolute atomic E-state index is 0.0948. The fourth-order valence-electron chi connectivity index (χ4n) is 4.17. The normalized spacial score (nSPS) is 45.6. The van der Waals surface area contributed by atoms with Crippen molar-refractivity contribution in [2.45, 2.75) is 52.1 Å². The minimum atomic E-state index is -0.487. The van der Waals surface area contributed by atoms with Crippen molar-refractivity contribution in [3.05, 3.63) is 0 Å². The molecule has 2 bridgehead atoms. The summed E-state index contributed by atoms with van der Waals surface area (Å²) in [5.41, 5.74) is -0.206. The van der Waals surface area contributed by atoms with Gasteiger partial charge in [-0.15, -0.1) is 0 Å². The van der Waals surface area contributed by atoms with Gasteiger partial charge < -0.3 is 10.0 Å².